The van der Waals surface area contributed by atoms with Crippen molar-refractivity contribution in [3.8, 4) is 23.3 Å². The summed E-state index contributed by atoms with van der Waals surface area (Å²) < 4.78 is 44.7. The summed E-state index contributed by atoms with van der Waals surface area (Å²) in [5.74, 6) is 0.0970. The van der Waals surface area contributed by atoms with E-state index < -0.39 is 17.5 Å². The van der Waals surface area contributed by atoms with Gasteiger partial charge in [-0.2, -0.15) is 15.2 Å². The first kappa shape index (κ1) is 26.7. The van der Waals surface area contributed by atoms with E-state index in [2.05, 4.69) is 26.2 Å². The van der Waals surface area contributed by atoms with E-state index in [-0.39, 0.29) is 54.6 Å². The molecule has 0 aliphatic carbocycles. The quantitative estimate of drug-likeness (QED) is 0.340. The number of nitriles is 1. The number of aromatic nitrogens is 3. The molecule has 0 spiro atoms. The Hall–Kier alpha value is -3.70. The van der Waals surface area contributed by atoms with Crippen molar-refractivity contribution in [2.75, 3.05) is 43.4 Å². The second-order valence-electron chi connectivity index (χ2n) is 12.7. The van der Waals surface area contributed by atoms with Gasteiger partial charge in [0.15, 0.2) is 5.82 Å². The number of nitrogens with one attached hydrogen (secondary N) is 1. The van der Waals surface area contributed by atoms with Crippen LogP contribution in [0.25, 0.3) is 32.2 Å². The summed E-state index contributed by atoms with van der Waals surface area (Å²) in [5, 5.41) is 14.9. The largest absolute Gasteiger partial charge is 0.461 e. The third-order valence-electron chi connectivity index (χ3n) is 10.3. The van der Waals surface area contributed by atoms with Crippen LogP contribution in [-0.2, 0) is 18.0 Å². The maximum atomic E-state index is 17.2. The van der Waals surface area contributed by atoms with Crippen LogP contribution in [0.15, 0.2) is 12.3 Å². The van der Waals surface area contributed by atoms with E-state index in [4.69, 9.17) is 25.2 Å². The normalized spacial score (nSPS) is 27.5. The Labute approximate surface area is 255 Å². The predicted molar refractivity (Wildman–Crippen MR) is 162 cm³/mol. The van der Waals surface area contributed by atoms with Crippen LogP contribution >= 0.6 is 11.3 Å². The van der Waals surface area contributed by atoms with Crippen molar-refractivity contribution < 1.29 is 18.3 Å². The number of anilines is 2. The molecule has 2 bridgehead atoms. The van der Waals surface area contributed by atoms with Gasteiger partial charge in [0.05, 0.1) is 35.4 Å². The van der Waals surface area contributed by atoms with E-state index in [1.807, 2.05) is 0 Å². The zero-order valence-electron chi connectivity index (χ0n) is 23.9. The number of alkyl halides is 1. The van der Waals surface area contributed by atoms with Gasteiger partial charge in [0.1, 0.15) is 35.2 Å². The molecule has 4 fully saturated rings. The molecule has 10 nitrogen and oxygen atoms in total. The van der Waals surface area contributed by atoms with Gasteiger partial charge in [0.25, 0.3) is 0 Å². The molecule has 0 amide bonds. The van der Waals surface area contributed by atoms with E-state index >= 15 is 4.39 Å². The van der Waals surface area contributed by atoms with Gasteiger partial charge >= 0.3 is 6.01 Å². The highest BCUT2D eigenvalue weighted by Gasteiger charge is 2.50. The number of nitrogen functional groups attached to an aromatic ring is 1. The Morgan fingerprint density at radius 3 is 2.89 bits per heavy atom. The monoisotopic (exact) mass is 616 g/mol. The molecule has 9 rings (SSSR count). The molecule has 44 heavy (non-hydrogen) atoms. The molecule has 0 saturated carbocycles. The lowest BCUT2D eigenvalue weighted by Crippen LogP contribution is -2.68. The number of nitrogens with two attached hydrogens (primary N) is 1. The maximum absolute atomic E-state index is 17.2. The summed E-state index contributed by atoms with van der Waals surface area (Å²) in [7, 11) is 0. The van der Waals surface area contributed by atoms with Gasteiger partial charge in [-0.1, -0.05) is 0 Å². The minimum atomic E-state index is -0.887. The summed E-state index contributed by atoms with van der Waals surface area (Å²) in [5.41, 5.74) is 8.36. The van der Waals surface area contributed by atoms with E-state index in [0.717, 1.165) is 49.2 Å². The van der Waals surface area contributed by atoms with E-state index in [1.165, 1.54) is 11.3 Å². The van der Waals surface area contributed by atoms with Gasteiger partial charge < -0.3 is 25.4 Å². The lowest BCUT2D eigenvalue weighted by atomic mass is 9.87. The minimum absolute atomic E-state index is 0.0846. The van der Waals surface area contributed by atoms with Crippen molar-refractivity contribution in [2.24, 2.45) is 0 Å². The van der Waals surface area contributed by atoms with Crippen molar-refractivity contribution in [1.82, 2.24) is 25.2 Å². The van der Waals surface area contributed by atoms with Crippen LogP contribution < -0.4 is 20.7 Å². The van der Waals surface area contributed by atoms with Gasteiger partial charge in [-0.25, -0.2) is 8.78 Å². The first-order valence-corrected chi connectivity index (χ1v) is 16.0. The Morgan fingerprint density at radius 2 is 2.07 bits per heavy atom. The first-order valence-electron chi connectivity index (χ1n) is 15.2. The standard InChI is InChI=1S/C31H30F2N8O2S/c32-15-7-31(3-1-5-40(31)11-15)14-43-30-38-27-24(29(39-30)41-16-6-17(41)10-36-9-16)20-13-42-12-19(20)23(25(27)33)26-22-18(8-34)28(35)44-21(22)2-4-37-26/h2,4,15-17,36H,1,3,5-7,9-14,35H2/t15-,16?,17?,31+/m1/s1. The van der Waals surface area contributed by atoms with E-state index in [0.29, 0.717) is 45.8 Å². The molecule has 13 heteroatoms. The topological polar surface area (TPSA) is 125 Å². The summed E-state index contributed by atoms with van der Waals surface area (Å²) in [6.07, 6.45) is 4.01. The molecule has 2 unspecified atom stereocenters. The SMILES string of the molecule is N#Cc1c(N)sc2ccnc(-c3c4c(c5c(N6C7CNCC6C7)nc(OC[C@@]67CCCN6C[C@H](F)C7)nc5c3F)COC4)c12. The number of piperidine rings is 1. The predicted octanol–water partition coefficient (Wildman–Crippen LogP) is 4.04. The molecule has 0 radical (unpaired) electrons. The van der Waals surface area contributed by atoms with Crippen LogP contribution in [0.3, 0.4) is 0 Å². The van der Waals surface area contributed by atoms with Gasteiger partial charge in [0.2, 0.25) is 0 Å². The van der Waals surface area contributed by atoms with Gasteiger partial charge in [-0.05, 0) is 43.0 Å². The molecular weight excluding hydrogens is 586 g/mol. The number of piperazine rings is 1. The van der Waals surface area contributed by atoms with Gasteiger partial charge in [-0.15, -0.1) is 11.3 Å². The number of nitrogens with zero attached hydrogens (tertiary/aromatic N) is 6. The van der Waals surface area contributed by atoms with Gasteiger partial charge in [0, 0.05) is 60.0 Å². The van der Waals surface area contributed by atoms with E-state index in [9.17, 15) is 9.65 Å². The molecule has 4 aromatic rings. The fraction of sp³-hybridized carbons (Fsp3) is 0.484. The van der Waals surface area contributed by atoms with Crippen LogP contribution in [0.1, 0.15) is 42.4 Å². The number of halogens is 2. The molecule has 3 N–H and O–H groups in total. The Bertz CT molecular complexity index is 1900. The summed E-state index contributed by atoms with van der Waals surface area (Å²) >= 11 is 1.28. The Morgan fingerprint density at radius 1 is 1.23 bits per heavy atom. The average Bonchev–Trinajstić information content (AvgIpc) is 3.78. The number of pyridine rings is 1. The summed E-state index contributed by atoms with van der Waals surface area (Å²) in [4.78, 5) is 18.7. The zero-order chi connectivity index (χ0) is 29.7. The van der Waals surface area contributed by atoms with Crippen LogP contribution in [0, 0.1) is 17.1 Å². The fourth-order valence-corrected chi connectivity index (χ4v) is 9.25. The van der Waals surface area contributed by atoms with Crippen LogP contribution in [-0.4, -0.2) is 76.4 Å². The lowest BCUT2D eigenvalue weighted by molar-refractivity contribution is 0.107. The molecule has 1 aromatic carbocycles. The number of rotatable bonds is 5. The van der Waals surface area contributed by atoms with Crippen molar-refractivity contribution in [1.29, 1.82) is 5.26 Å². The van der Waals surface area contributed by atoms with Crippen molar-refractivity contribution >= 4 is 43.1 Å². The van der Waals surface area contributed by atoms with Crippen molar-refractivity contribution in [2.45, 2.75) is 62.7 Å². The number of benzene rings is 1. The molecule has 4 saturated heterocycles. The molecule has 3 aromatic heterocycles. The maximum Gasteiger partial charge on any atom is 0.319 e. The van der Waals surface area contributed by atoms with Crippen molar-refractivity contribution in [3.05, 3.63) is 34.8 Å². The third kappa shape index (κ3) is 3.68. The Balaban J connectivity index is 1.25. The second-order valence-corrected chi connectivity index (χ2v) is 13.7. The van der Waals surface area contributed by atoms with Crippen LogP contribution in [0.5, 0.6) is 6.01 Å². The third-order valence-corrected chi connectivity index (χ3v) is 11.3. The lowest BCUT2D eigenvalue weighted by Gasteiger charge is -2.54. The van der Waals surface area contributed by atoms with E-state index in [1.54, 1.807) is 12.3 Å². The highest BCUT2D eigenvalue weighted by molar-refractivity contribution is 7.23. The molecule has 5 aliphatic rings. The molecule has 4 atom stereocenters. The smallest absolute Gasteiger partial charge is 0.319 e. The molecule has 226 valence electrons. The summed E-state index contributed by atoms with van der Waals surface area (Å²) in [6.45, 7) is 3.61. The van der Waals surface area contributed by atoms with Gasteiger partial charge in [-0.3, -0.25) is 9.88 Å². The molecule has 8 heterocycles. The van der Waals surface area contributed by atoms with Crippen LogP contribution in [0.2, 0.25) is 0 Å². The highest BCUT2D eigenvalue weighted by Crippen LogP contribution is 2.48. The second kappa shape index (κ2) is 9.65. The number of thiophene rings is 1. The first-order chi connectivity index (χ1) is 21.5. The highest BCUT2D eigenvalue weighted by atomic mass is 32.1. The summed E-state index contributed by atoms with van der Waals surface area (Å²) in [6, 6.07) is 4.52. The number of hydrogen-bond donors (Lipinski definition) is 2. The number of ether oxygens (including phenoxy) is 2. The molecular formula is C31H30F2N8O2S. The van der Waals surface area contributed by atoms with Crippen LogP contribution in [0.4, 0.5) is 19.6 Å². The van der Waals surface area contributed by atoms with Crippen molar-refractivity contribution in [3.63, 3.8) is 0 Å². The Kier molecular flexibility index (Phi) is 5.85. The minimum Gasteiger partial charge on any atom is -0.461 e. The average molecular weight is 617 g/mol. The molecule has 5 aliphatic heterocycles. The number of hydrogen-bond acceptors (Lipinski definition) is 11. The number of fused-ring (bicyclic) bond motifs is 7. The fourth-order valence-electron chi connectivity index (χ4n) is 8.33. The zero-order valence-corrected chi connectivity index (χ0v) is 24.7.